The Kier molecular flexibility index (Phi) is 8.77. The van der Waals surface area contributed by atoms with Gasteiger partial charge in [0, 0.05) is 0 Å². The summed E-state index contributed by atoms with van der Waals surface area (Å²) in [6, 6.07) is 36.1. The van der Waals surface area contributed by atoms with Gasteiger partial charge in [0.05, 0.1) is 20.1 Å². The molecule has 0 spiro atoms. The molecule has 0 unspecified atom stereocenters. The van der Waals surface area contributed by atoms with Crippen molar-refractivity contribution in [2.24, 2.45) is 0 Å². The van der Waals surface area contributed by atoms with Gasteiger partial charge in [-0.25, -0.2) is 0 Å². The second kappa shape index (κ2) is 11.3. The Morgan fingerprint density at radius 1 is 0.379 bits per heavy atom. The maximum absolute atomic E-state index is 5.63. The molecule has 0 heterocycles. The van der Waals surface area contributed by atoms with E-state index in [9.17, 15) is 0 Å². The molecular weight excluding hydrogens is 549 g/mol. The Hall–Kier alpha value is -1.16. The van der Waals surface area contributed by atoms with Crippen molar-refractivity contribution < 1.29 is 0 Å². The molecule has 145 valence electrons. The Morgan fingerprint density at radius 3 is 0.931 bits per heavy atom. The van der Waals surface area contributed by atoms with Gasteiger partial charge in [-0.3, -0.25) is 0 Å². The fourth-order valence-electron chi connectivity index (χ4n) is 2.82. The van der Waals surface area contributed by atoms with Crippen LogP contribution in [0.4, 0.5) is 0 Å². The molecule has 0 nitrogen and oxygen atoms in total. The van der Waals surface area contributed by atoms with E-state index in [4.69, 9.17) is 46.4 Å². The molecule has 0 atom stereocenters. The molecule has 0 fully saturated rings. The normalized spacial score (nSPS) is 10.4. The average molecular weight is 566 g/mol. The van der Waals surface area contributed by atoms with Crippen molar-refractivity contribution in [3.8, 4) is 0 Å². The first-order valence-corrected chi connectivity index (χ1v) is 14.7. The molecule has 0 amide bonds. The topological polar surface area (TPSA) is 0 Å². The predicted molar refractivity (Wildman–Crippen MR) is 130 cm³/mol. The van der Waals surface area contributed by atoms with Crippen LogP contribution in [0, 0.1) is 0 Å². The SMILES string of the molecule is Clc1ccc(Cl)c(Cl)c1Cl.c1cc[c]([Sn]([c]2ccccc2)[c]2ccccc2)cc1. The standard InChI is InChI=1S/C6H2Cl4.3C6H5.Sn/c7-3-1-2-4(8)6(10)5(3)9;3*1-2-4-6-5-3-1;/h1-2H;3*1-5H;. The van der Waals surface area contributed by atoms with Crippen LogP contribution in [0.5, 0.6) is 0 Å². The van der Waals surface area contributed by atoms with Gasteiger partial charge in [0.2, 0.25) is 0 Å². The molecule has 0 aliphatic heterocycles. The Morgan fingerprint density at radius 2 is 0.655 bits per heavy atom. The Balaban J connectivity index is 0.000000204. The maximum atomic E-state index is 5.63. The summed E-state index contributed by atoms with van der Waals surface area (Å²) in [5.41, 5.74) is 0. The van der Waals surface area contributed by atoms with Crippen molar-refractivity contribution in [3.05, 3.63) is 123 Å². The molecular formula is C24H17Cl4Sn. The summed E-state index contributed by atoms with van der Waals surface area (Å²) in [4.78, 5) is 0. The summed E-state index contributed by atoms with van der Waals surface area (Å²) in [5, 5.41) is 1.43. The molecule has 0 N–H and O–H groups in total. The number of rotatable bonds is 3. The number of halogens is 4. The summed E-state index contributed by atoms with van der Waals surface area (Å²) < 4.78 is 4.59. The minimum atomic E-state index is -1.98. The van der Waals surface area contributed by atoms with Gasteiger partial charge in [-0.15, -0.1) is 0 Å². The molecule has 0 aliphatic rings. The summed E-state index contributed by atoms with van der Waals surface area (Å²) in [7, 11) is 0. The van der Waals surface area contributed by atoms with Gasteiger partial charge in [-0.05, 0) is 12.1 Å². The van der Waals surface area contributed by atoms with E-state index in [2.05, 4.69) is 91.0 Å². The van der Waals surface area contributed by atoms with Crippen LogP contribution in [0.25, 0.3) is 0 Å². The van der Waals surface area contributed by atoms with Crippen molar-refractivity contribution in [2.75, 3.05) is 0 Å². The molecule has 4 rings (SSSR count). The summed E-state index contributed by atoms with van der Waals surface area (Å²) >= 11 is 20.5. The Bertz CT molecular complexity index is 918. The molecule has 0 aliphatic carbocycles. The number of benzene rings is 4. The third-order valence-electron chi connectivity index (χ3n) is 4.18. The molecule has 0 aromatic heterocycles. The molecule has 0 saturated carbocycles. The van der Waals surface area contributed by atoms with Gasteiger partial charge in [0.15, 0.2) is 0 Å². The van der Waals surface area contributed by atoms with Crippen LogP contribution >= 0.6 is 46.4 Å². The van der Waals surface area contributed by atoms with Crippen molar-refractivity contribution in [1.29, 1.82) is 0 Å². The molecule has 0 saturated heterocycles. The quantitative estimate of drug-likeness (QED) is 0.151. The van der Waals surface area contributed by atoms with Gasteiger partial charge in [-0.2, -0.15) is 0 Å². The van der Waals surface area contributed by atoms with Crippen LogP contribution in [0.15, 0.2) is 103 Å². The molecule has 1 radical (unpaired) electrons. The van der Waals surface area contributed by atoms with Crippen LogP contribution in [0.2, 0.25) is 20.1 Å². The molecule has 5 heteroatoms. The monoisotopic (exact) mass is 565 g/mol. The number of hydrogen-bond acceptors (Lipinski definition) is 0. The fourth-order valence-corrected chi connectivity index (χ4v) is 10.9. The van der Waals surface area contributed by atoms with E-state index in [1.165, 1.54) is 10.7 Å². The minimum absolute atomic E-state index is 0.302. The summed E-state index contributed by atoms with van der Waals surface area (Å²) in [6.07, 6.45) is 0. The third-order valence-corrected chi connectivity index (χ3v) is 13.7. The first-order chi connectivity index (χ1) is 14.1. The van der Waals surface area contributed by atoms with E-state index in [1.54, 1.807) is 12.1 Å². The zero-order valence-electron chi connectivity index (χ0n) is 15.3. The summed E-state index contributed by atoms with van der Waals surface area (Å²) in [5.74, 6) is 0. The molecule has 4 aromatic carbocycles. The first kappa shape index (κ1) is 22.5. The van der Waals surface area contributed by atoms with Crippen molar-refractivity contribution in [2.45, 2.75) is 0 Å². The van der Waals surface area contributed by atoms with E-state index >= 15 is 0 Å². The Labute approximate surface area is 198 Å². The van der Waals surface area contributed by atoms with Crippen molar-refractivity contribution >= 4 is 76.9 Å². The average Bonchev–Trinajstić information content (AvgIpc) is 2.78. The molecule has 4 aromatic rings. The predicted octanol–water partition coefficient (Wildman–Crippen LogP) is 6.50. The van der Waals surface area contributed by atoms with Crippen LogP contribution in [-0.4, -0.2) is 19.8 Å². The van der Waals surface area contributed by atoms with E-state index in [0.29, 0.717) is 20.1 Å². The van der Waals surface area contributed by atoms with Crippen molar-refractivity contribution in [1.82, 2.24) is 0 Å². The molecule has 0 bridgehead atoms. The van der Waals surface area contributed by atoms with E-state index in [0.717, 1.165) is 0 Å². The van der Waals surface area contributed by atoms with Crippen LogP contribution < -0.4 is 10.7 Å². The van der Waals surface area contributed by atoms with Gasteiger partial charge >= 0.3 is 121 Å². The van der Waals surface area contributed by atoms with E-state index < -0.39 is 19.8 Å². The van der Waals surface area contributed by atoms with Gasteiger partial charge in [0.1, 0.15) is 0 Å². The molecule has 29 heavy (non-hydrogen) atoms. The van der Waals surface area contributed by atoms with Gasteiger partial charge in [-0.1, -0.05) is 46.4 Å². The summed E-state index contributed by atoms with van der Waals surface area (Å²) in [6.45, 7) is 0. The fraction of sp³-hybridized carbons (Fsp3) is 0. The first-order valence-electron chi connectivity index (χ1n) is 8.90. The van der Waals surface area contributed by atoms with Crippen LogP contribution in [-0.2, 0) is 0 Å². The second-order valence-corrected chi connectivity index (χ2v) is 14.8. The van der Waals surface area contributed by atoms with Crippen molar-refractivity contribution in [3.63, 3.8) is 0 Å². The second-order valence-electron chi connectivity index (χ2n) is 6.13. The van der Waals surface area contributed by atoms with E-state index in [1.807, 2.05) is 0 Å². The van der Waals surface area contributed by atoms with Crippen LogP contribution in [0.1, 0.15) is 0 Å². The van der Waals surface area contributed by atoms with Crippen LogP contribution in [0.3, 0.4) is 0 Å². The zero-order valence-corrected chi connectivity index (χ0v) is 21.2. The zero-order chi connectivity index (χ0) is 20.6. The van der Waals surface area contributed by atoms with Gasteiger partial charge in [0.25, 0.3) is 0 Å². The third kappa shape index (κ3) is 6.16. The number of hydrogen-bond donors (Lipinski definition) is 0. The van der Waals surface area contributed by atoms with E-state index in [-0.39, 0.29) is 0 Å². The van der Waals surface area contributed by atoms with Gasteiger partial charge < -0.3 is 0 Å².